The molecule has 1 heterocycles. The molecule has 0 radical (unpaired) electrons. The van der Waals surface area contributed by atoms with Crippen LogP contribution >= 0.6 is 0 Å². The number of hydrogen-bond donors (Lipinski definition) is 2. The fraction of sp³-hybridized carbons (Fsp3) is 0.500. The van der Waals surface area contributed by atoms with Gasteiger partial charge in [0.15, 0.2) is 0 Å². The van der Waals surface area contributed by atoms with Crippen molar-refractivity contribution in [3.63, 3.8) is 0 Å². The van der Waals surface area contributed by atoms with Crippen LogP contribution in [0.15, 0.2) is 18.3 Å². The first kappa shape index (κ1) is 17.2. The Bertz CT molecular complexity index is 542. The van der Waals surface area contributed by atoms with Crippen molar-refractivity contribution in [2.75, 3.05) is 33.8 Å². The summed E-state index contributed by atoms with van der Waals surface area (Å²) in [5.41, 5.74) is 0.777. The minimum absolute atomic E-state index is 0.0368. The Hall–Kier alpha value is -1.90. The van der Waals surface area contributed by atoms with Gasteiger partial charge in [0.05, 0.1) is 5.56 Å². The summed E-state index contributed by atoms with van der Waals surface area (Å²) in [6, 6.07) is 3.43. The molecule has 1 aromatic rings. The number of pyridine rings is 1. The molecule has 21 heavy (non-hydrogen) atoms. The van der Waals surface area contributed by atoms with E-state index in [0.29, 0.717) is 17.8 Å². The van der Waals surface area contributed by atoms with Gasteiger partial charge in [-0.25, -0.2) is 4.98 Å². The van der Waals surface area contributed by atoms with Crippen molar-refractivity contribution in [1.82, 2.24) is 15.2 Å². The van der Waals surface area contributed by atoms with E-state index in [2.05, 4.69) is 40.9 Å². The molecule has 0 atom stereocenters. The average molecular weight is 289 g/mol. The quantitative estimate of drug-likeness (QED) is 0.785. The number of aromatic nitrogens is 1. The molecule has 0 bridgehead atoms. The number of rotatable bonds is 5. The molecule has 0 aliphatic rings. The molecule has 0 aliphatic carbocycles. The molecule has 5 heteroatoms. The van der Waals surface area contributed by atoms with Crippen LogP contribution in [0.4, 0.5) is 0 Å². The number of amides is 1. The summed E-state index contributed by atoms with van der Waals surface area (Å²) in [6.07, 6.45) is 1.56. The maximum Gasteiger partial charge on any atom is 0.271 e. The van der Waals surface area contributed by atoms with Crippen molar-refractivity contribution in [2.45, 2.75) is 13.8 Å². The summed E-state index contributed by atoms with van der Waals surface area (Å²) >= 11 is 0. The molecule has 1 aromatic heterocycles. The zero-order chi connectivity index (χ0) is 15.9. The molecule has 5 nitrogen and oxygen atoms in total. The van der Waals surface area contributed by atoms with E-state index in [-0.39, 0.29) is 17.9 Å². The Balaban J connectivity index is 2.77. The van der Waals surface area contributed by atoms with Crippen LogP contribution in [-0.2, 0) is 0 Å². The van der Waals surface area contributed by atoms with Gasteiger partial charge in [-0.05, 0) is 31.6 Å². The van der Waals surface area contributed by atoms with Gasteiger partial charge in [0.25, 0.3) is 5.91 Å². The highest BCUT2D eigenvalue weighted by molar-refractivity contribution is 5.94. The summed E-state index contributed by atoms with van der Waals surface area (Å²) < 4.78 is 0. The lowest BCUT2D eigenvalue weighted by atomic mass is 9.93. The van der Waals surface area contributed by atoms with Crippen LogP contribution in [0.1, 0.15) is 29.9 Å². The van der Waals surface area contributed by atoms with E-state index < -0.39 is 0 Å². The van der Waals surface area contributed by atoms with Gasteiger partial charge >= 0.3 is 0 Å². The van der Waals surface area contributed by atoms with Crippen molar-refractivity contribution in [1.29, 1.82) is 0 Å². The predicted octanol–water partition coefficient (Wildman–Crippen LogP) is 0.743. The van der Waals surface area contributed by atoms with Gasteiger partial charge in [-0.1, -0.05) is 25.7 Å². The van der Waals surface area contributed by atoms with Gasteiger partial charge in [-0.3, -0.25) is 4.79 Å². The van der Waals surface area contributed by atoms with Gasteiger partial charge < -0.3 is 15.3 Å². The number of aliphatic hydroxyl groups is 1. The van der Waals surface area contributed by atoms with Crippen molar-refractivity contribution < 1.29 is 9.90 Å². The van der Waals surface area contributed by atoms with Crippen LogP contribution in [0.5, 0.6) is 0 Å². The van der Waals surface area contributed by atoms with Crippen molar-refractivity contribution in [2.24, 2.45) is 5.41 Å². The second-order valence-electron chi connectivity index (χ2n) is 5.94. The van der Waals surface area contributed by atoms with Gasteiger partial charge in [0.1, 0.15) is 12.3 Å². The summed E-state index contributed by atoms with van der Waals surface area (Å²) in [7, 11) is 4.01. The zero-order valence-electron chi connectivity index (χ0n) is 13.1. The summed E-state index contributed by atoms with van der Waals surface area (Å²) in [6.45, 7) is 5.36. The van der Waals surface area contributed by atoms with Crippen molar-refractivity contribution >= 4 is 5.91 Å². The van der Waals surface area contributed by atoms with Crippen LogP contribution < -0.4 is 5.32 Å². The van der Waals surface area contributed by atoms with Gasteiger partial charge in [-0.15, -0.1) is 0 Å². The van der Waals surface area contributed by atoms with E-state index in [0.717, 1.165) is 6.54 Å². The first-order valence-electron chi connectivity index (χ1n) is 6.83. The monoisotopic (exact) mass is 289 g/mol. The van der Waals surface area contributed by atoms with E-state index in [1.165, 1.54) is 0 Å². The van der Waals surface area contributed by atoms with Gasteiger partial charge in [0.2, 0.25) is 0 Å². The molecule has 0 fully saturated rings. The molecule has 1 amide bonds. The van der Waals surface area contributed by atoms with Gasteiger partial charge in [0, 0.05) is 19.3 Å². The normalized spacial score (nSPS) is 11.0. The van der Waals surface area contributed by atoms with Crippen molar-refractivity contribution in [3.05, 3.63) is 29.6 Å². The van der Waals surface area contributed by atoms with Crippen LogP contribution in [0, 0.1) is 17.3 Å². The third kappa shape index (κ3) is 5.94. The van der Waals surface area contributed by atoms with Crippen molar-refractivity contribution in [3.8, 4) is 11.8 Å². The fourth-order valence-corrected chi connectivity index (χ4v) is 2.14. The Labute approximate surface area is 126 Å². The Morgan fingerprint density at radius 1 is 1.48 bits per heavy atom. The molecular weight excluding hydrogens is 266 g/mol. The first-order valence-corrected chi connectivity index (χ1v) is 6.83. The smallest absolute Gasteiger partial charge is 0.271 e. The zero-order valence-corrected chi connectivity index (χ0v) is 13.1. The molecule has 0 saturated carbocycles. The number of aliphatic hydroxyl groups excluding tert-OH is 1. The number of nitrogens with zero attached hydrogens (tertiary/aromatic N) is 2. The number of nitrogens with one attached hydrogen (secondary N) is 1. The molecule has 0 spiro atoms. The molecule has 114 valence electrons. The Morgan fingerprint density at radius 3 is 2.81 bits per heavy atom. The molecule has 2 N–H and O–H groups in total. The first-order chi connectivity index (χ1) is 9.85. The van der Waals surface area contributed by atoms with E-state index in [1.54, 1.807) is 18.3 Å². The molecule has 0 aliphatic heterocycles. The highest BCUT2D eigenvalue weighted by atomic mass is 16.2. The Kier molecular flexibility index (Phi) is 6.35. The van der Waals surface area contributed by atoms with E-state index in [1.807, 2.05) is 14.1 Å². The summed E-state index contributed by atoms with van der Waals surface area (Å²) in [5.74, 6) is 5.03. The number of carbonyl (C=O) groups excluding carboxylic acids is 1. The van der Waals surface area contributed by atoms with Gasteiger partial charge in [-0.2, -0.15) is 0 Å². The molecular formula is C16H23N3O2. The summed E-state index contributed by atoms with van der Waals surface area (Å²) in [4.78, 5) is 18.4. The largest absolute Gasteiger partial charge is 0.384 e. The summed E-state index contributed by atoms with van der Waals surface area (Å²) in [5, 5.41) is 11.7. The lowest BCUT2D eigenvalue weighted by Crippen LogP contribution is -2.40. The lowest BCUT2D eigenvalue weighted by molar-refractivity contribution is 0.0924. The number of carbonyl (C=O) groups is 1. The van der Waals surface area contributed by atoms with E-state index in [4.69, 9.17) is 5.11 Å². The third-order valence-corrected chi connectivity index (χ3v) is 2.80. The SMILES string of the molecule is CN(C)CC(C)(C)CNC(=O)c1ncccc1C#CCO. The number of hydrogen-bond acceptors (Lipinski definition) is 4. The maximum absolute atomic E-state index is 12.2. The highest BCUT2D eigenvalue weighted by Crippen LogP contribution is 2.14. The lowest BCUT2D eigenvalue weighted by Gasteiger charge is -2.28. The molecule has 0 saturated heterocycles. The maximum atomic E-state index is 12.2. The molecule has 0 unspecified atom stereocenters. The van der Waals surface area contributed by atoms with E-state index >= 15 is 0 Å². The highest BCUT2D eigenvalue weighted by Gasteiger charge is 2.21. The minimum atomic E-state index is -0.246. The molecule has 0 aromatic carbocycles. The topological polar surface area (TPSA) is 65.5 Å². The van der Waals surface area contributed by atoms with Crippen LogP contribution in [-0.4, -0.2) is 54.7 Å². The van der Waals surface area contributed by atoms with Crippen LogP contribution in [0.3, 0.4) is 0 Å². The third-order valence-electron chi connectivity index (χ3n) is 2.80. The fourth-order valence-electron chi connectivity index (χ4n) is 2.14. The van der Waals surface area contributed by atoms with Crippen LogP contribution in [0.2, 0.25) is 0 Å². The average Bonchev–Trinajstić information content (AvgIpc) is 2.41. The molecule has 1 rings (SSSR count). The Morgan fingerprint density at radius 2 is 2.19 bits per heavy atom. The minimum Gasteiger partial charge on any atom is -0.384 e. The standard InChI is InChI=1S/C16H23N3O2/c1-16(2,12-19(3)4)11-18-15(21)14-13(8-6-10-20)7-5-9-17-14/h5,7,9,20H,10-12H2,1-4H3,(H,18,21). The second-order valence-corrected chi connectivity index (χ2v) is 5.94. The van der Waals surface area contributed by atoms with Crippen LogP contribution in [0.25, 0.3) is 0 Å². The predicted molar refractivity (Wildman–Crippen MR) is 82.9 cm³/mol. The second kappa shape index (κ2) is 7.77. The van der Waals surface area contributed by atoms with E-state index in [9.17, 15) is 4.79 Å².